The number of amides is 2. The standard InChI is InChI=1S/C32H44N2O7/c1-5-7-12-22-40-30(38)26-25-28(36)34(20-10-8-9-11-21-35)27(32(25)18-17-31(26,3)41-32)29(37)33(19-6-2)23-13-15-24(39-4)16-14-23/h5-6,13-16,25-27,35H,1-2,7-12,17-22H2,3-4H3/t25-,26+,27?,31-,32?/m0/s1. The Bertz CT molecular complexity index is 1120. The fourth-order valence-electron chi connectivity index (χ4n) is 6.90. The van der Waals surface area contributed by atoms with Crippen LogP contribution < -0.4 is 9.64 Å². The highest BCUT2D eigenvalue weighted by Gasteiger charge is 2.78. The zero-order chi connectivity index (χ0) is 29.6. The van der Waals surface area contributed by atoms with E-state index in [0.29, 0.717) is 50.1 Å². The normalized spacial score (nSPS) is 27.9. The second kappa shape index (κ2) is 13.2. The zero-order valence-electron chi connectivity index (χ0n) is 24.4. The van der Waals surface area contributed by atoms with Gasteiger partial charge in [-0.05, 0) is 69.7 Å². The zero-order valence-corrected chi connectivity index (χ0v) is 24.4. The molecule has 5 atom stereocenters. The molecule has 2 unspecified atom stereocenters. The second-order valence-corrected chi connectivity index (χ2v) is 11.4. The highest BCUT2D eigenvalue weighted by atomic mass is 16.6. The highest BCUT2D eigenvalue weighted by molar-refractivity contribution is 6.04. The molecule has 3 aliphatic heterocycles. The van der Waals surface area contributed by atoms with Gasteiger partial charge in [0.05, 0.1) is 25.2 Å². The van der Waals surface area contributed by atoms with Crippen LogP contribution in [0.4, 0.5) is 5.69 Å². The predicted molar refractivity (Wildman–Crippen MR) is 155 cm³/mol. The molecule has 3 aliphatic rings. The minimum atomic E-state index is -1.12. The Labute approximate surface area is 243 Å². The lowest BCUT2D eigenvalue weighted by Gasteiger charge is -2.37. The van der Waals surface area contributed by atoms with Gasteiger partial charge in [-0.2, -0.15) is 0 Å². The van der Waals surface area contributed by atoms with Crippen LogP contribution in [0.2, 0.25) is 0 Å². The number of aliphatic hydroxyl groups excluding tert-OH is 1. The molecule has 3 saturated heterocycles. The monoisotopic (exact) mass is 568 g/mol. The number of allylic oxidation sites excluding steroid dienone is 1. The van der Waals surface area contributed by atoms with Gasteiger partial charge in [-0.15, -0.1) is 13.2 Å². The van der Waals surface area contributed by atoms with Gasteiger partial charge < -0.3 is 29.1 Å². The fraction of sp³-hybridized carbons (Fsp3) is 0.594. The first-order valence-corrected chi connectivity index (χ1v) is 14.7. The van der Waals surface area contributed by atoms with Crippen LogP contribution in [0.1, 0.15) is 58.3 Å². The van der Waals surface area contributed by atoms with Gasteiger partial charge in [0.15, 0.2) is 0 Å². The van der Waals surface area contributed by atoms with E-state index in [1.54, 1.807) is 41.2 Å². The first kappa shape index (κ1) is 30.8. The van der Waals surface area contributed by atoms with Crippen LogP contribution in [-0.2, 0) is 23.9 Å². The average molecular weight is 569 g/mol. The molecule has 0 saturated carbocycles. The van der Waals surface area contributed by atoms with Crippen molar-refractivity contribution in [1.29, 1.82) is 0 Å². The number of unbranched alkanes of at least 4 members (excludes halogenated alkanes) is 4. The van der Waals surface area contributed by atoms with Gasteiger partial charge in [-0.3, -0.25) is 14.4 Å². The summed E-state index contributed by atoms with van der Waals surface area (Å²) in [6.45, 7) is 10.4. The first-order valence-electron chi connectivity index (χ1n) is 14.7. The molecule has 2 bridgehead atoms. The number of ether oxygens (including phenoxy) is 3. The van der Waals surface area contributed by atoms with E-state index in [1.165, 1.54) is 0 Å². The first-order chi connectivity index (χ1) is 19.8. The maximum absolute atomic E-state index is 14.5. The smallest absolute Gasteiger partial charge is 0.312 e. The van der Waals surface area contributed by atoms with E-state index in [-0.39, 0.29) is 31.6 Å². The summed E-state index contributed by atoms with van der Waals surface area (Å²) in [4.78, 5) is 45.5. The molecule has 41 heavy (non-hydrogen) atoms. The molecule has 0 radical (unpaired) electrons. The van der Waals surface area contributed by atoms with Crippen molar-refractivity contribution >= 4 is 23.5 Å². The van der Waals surface area contributed by atoms with E-state index in [9.17, 15) is 14.4 Å². The van der Waals surface area contributed by atoms with Crippen molar-refractivity contribution in [3.63, 3.8) is 0 Å². The van der Waals surface area contributed by atoms with Gasteiger partial charge in [0.25, 0.3) is 5.91 Å². The summed E-state index contributed by atoms with van der Waals surface area (Å²) in [5.41, 5.74) is -1.35. The maximum atomic E-state index is 14.5. The Balaban J connectivity index is 1.68. The number of carbonyl (C=O) groups excluding carboxylic acids is 3. The molecular weight excluding hydrogens is 524 g/mol. The molecule has 2 amide bonds. The Kier molecular flexibility index (Phi) is 9.92. The van der Waals surface area contributed by atoms with Crippen LogP contribution in [0.15, 0.2) is 49.6 Å². The molecule has 1 N–H and O–H groups in total. The van der Waals surface area contributed by atoms with Crippen LogP contribution in [0.25, 0.3) is 0 Å². The molecule has 1 spiro atoms. The number of benzene rings is 1. The van der Waals surface area contributed by atoms with Crippen LogP contribution in [0, 0.1) is 11.8 Å². The molecule has 9 heteroatoms. The van der Waals surface area contributed by atoms with Crippen LogP contribution in [0.5, 0.6) is 5.75 Å². The topological polar surface area (TPSA) is 106 Å². The third-order valence-corrected chi connectivity index (χ3v) is 8.83. The summed E-state index contributed by atoms with van der Waals surface area (Å²) in [6, 6.07) is 6.30. The van der Waals surface area contributed by atoms with Crippen LogP contribution in [-0.4, -0.2) is 78.4 Å². The number of esters is 1. The number of anilines is 1. The molecule has 3 heterocycles. The van der Waals surface area contributed by atoms with E-state index < -0.39 is 35.0 Å². The lowest BCUT2D eigenvalue weighted by Crippen LogP contribution is -2.56. The van der Waals surface area contributed by atoms with Crippen molar-refractivity contribution in [2.75, 3.05) is 38.3 Å². The van der Waals surface area contributed by atoms with Gasteiger partial charge in [0.1, 0.15) is 23.3 Å². The predicted octanol–water partition coefficient (Wildman–Crippen LogP) is 4.04. The number of methoxy groups -OCH3 is 1. The molecule has 0 aliphatic carbocycles. The van der Waals surface area contributed by atoms with Crippen molar-refractivity contribution in [2.45, 2.75) is 75.5 Å². The van der Waals surface area contributed by atoms with E-state index in [1.807, 2.05) is 19.1 Å². The van der Waals surface area contributed by atoms with Gasteiger partial charge >= 0.3 is 5.97 Å². The number of fused-ring (bicyclic) bond motifs is 1. The Morgan fingerprint density at radius 3 is 2.51 bits per heavy atom. The molecule has 1 aromatic carbocycles. The molecule has 3 fully saturated rings. The van der Waals surface area contributed by atoms with Crippen molar-refractivity contribution in [3.8, 4) is 5.75 Å². The summed E-state index contributed by atoms with van der Waals surface area (Å²) in [5, 5.41) is 9.17. The van der Waals surface area contributed by atoms with Crippen molar-refractivity contribution < 1.29 is 33.7 Å². The van der Waals surface area contributed by atoms with E-state index in [0.717, 1.165) is 19.3 Å². The molecule has 1 aromatic rings. The summed E-state index contributed by atoms with van der Waals surface area (Å²) < 4.78 is 17.7. The van der Waals surface area contributed by atoms with Crippen molar-refractivity contribution in [1.82, 2.24) is 4.90 Å². The summed E-state index contributed by atoms with van der Waals surface area (Å²) >= 11 is 0. The molecule has 4 rings (SSSR count). The lowest BCUT2D eigenvalue weighted by atomic mass is 9.66. The molecule has 224 valence electrons. The third kappa shape index (κ3) is 5.79. The number of nitrogens with zero attached hydrogens (tertiary/aromatic N) is 2. The quantitative estimate of drug-likeness (QED) is 0.182. The minimum absolute atomic E-state index is 0.121. The number of aliphatic hydroxyl groups is 1. The Morgan fingerprint density at radius 2 is 1.85 bits per heavy atom. The van der Waals surface area contributed by atoms with Crippen LogP contribution in [0.3, 0.4) is 0 Å². The largest absolute Gasteiger partial charge is 0.497 e. The minimum Gasteiger partial charge on any atom is -0.497 e. The second-order valence-electron chi connectivity index (χ2n) is 11.4. The van der Waals surface area contributed by atoms with Gasteiger partial charge in [0, 0.05) is 25.4 Å². The van der Waals surface area contributed by atoms with Crippen molar-refractivity contribution in [2.24, 2.45) is 11.8 Å². The van der Waals surface area contributed by atoms with E-state index >= 15 is 0 Å². The van der Waals surface area contributed by atoms with E-state index in [4.69, 9.17) is 19.3 Å². The highest BCUT2D eigenvalue weighted by Crippen LogP contribution is 2.63. The lowest BCUT2D eigenvalue weighted by molar-refractivity contribution is -0.159. The fourth-order valence-corrected chi connectivity index (χ4v) is 6.90. The van der Waals surface area contributed by atoms with Crippen molar-refractivity contribution in [3.05, 3.63) is 49.6 Å². The Hall–Kier alpha value is -3.17. The number of rotatable bonds is 16. The summed E-state index contributed by atoms with van der Waals surface area (Å²) in [5.74, 6) is -1.83. The SMILES string of the molecule is C=CCCCOC(=O)[C@H]1[C@H]2C(=O)N(CCCCCCO)C(C(=O)N(CC=C)c3ccc(OC)cc3)C23CC[C@]1(C)O3. The number of carbonyl (C=O) groups is 3. The Morgan fingerprint density at radius 1 is 1.12 bits per heavy atom. The average Bonchev–Trinajstić information content (AvgIpc) is 3.54. The van der Waals surface area contributed by atoms with Gasteiger partial charge in [-0.25, -0.2) is 0 Å². The number of likely N-dealkylation sites (tertiary alicyclic amines) is 1. The molecular formula is C32H44N2O7. The van der Waals surface area contributed by atoms with Crippen LogP contribution >= 0.6 is 0 Å². The number of hydrogen-bond donors (Lipinski definition) is 1. The van der Waals surface area contributed by atoms with Gasteiger partial charge in [0.2, 0.25) is 5.91 Å². The summed E-state index contributed by atoms with van der Waals surface area (Å²) in [6.07, 6.45) is 8.88. The molecule has 0 aromatic heterocycles. The number of hydrogen-bond acceptors (Lipinski definition) is 7. The molecule has 9 nitrogen and oxygen atoms in total. The van der Waals surface area contributed by atoms with E-state index in [2.05, 4.69) is 13.2 Å². The summed E-state index contributed by atoms with van der Waals surface area (Å²) in [7, 11) is 1.58. The third-order valence-electron chi connectivity index (χ3n) is 8.83. The maximum Gasteiger partial charge on any atom is 0.312 e. The van der Waals surface area contributed by atoms with Gasteiger partial charge in [-0.1, -0.05) is 25.0 Å².